The van der Waals surface area contributed by atoms with Crippen LogP contribution in [0.5, 0.6) is 5.75 Å². The Balaban J connectivity index is 3.05. The van der Waals surface area contributed by atoms with Crippen molar-refractivity contribution in [3.63, 3.8) is 0 Å². The summed E-state index contributed by atoms with van der Waals surface area (Å²) in [5, 5.41) is 9.36. The second-order valence-electron chi connectivity index (χ2n) is 2.79. The average Bonchev–Trinajstić information content (AvgIpc) is 2.16. The lowest BCUT2D eigenvalue weighted by atomic mass is 10.1. The summed E-state index contributed by atoms with van der Waals surface area (Å²) in [5.41, 5.74) is 0.921. The van der Waals surface area contributed by atoms with Crippen molar-refractivity contribution >= 4 is 11.8 Å². The third-order valence-corrected chi connectivity index (χ3v) is 2.65. The minimum atomic E-state index is -0.420. The first-order valence-electron chi connectivity index (χ1n) is 4.09. The zero-order valence-electron chi connectivity index (χ0n) is 8.07. The maximum atomic E-state index is 9.36. The minimum absolute atomic E-state index is 0.420. The number of hydrogen-bond acceptors (Lipinski definition) is 3. The van der Waals surface area contributed by atoms with Gasteiger partial charge in [0, 0.05) is 4.90 Å². The molecule has 0 heterocycles. The van der Waals surface area contributed by atoms with Gasteiger partial charge in [0.15, 0.2) is 0 Å². The number of rotatable bonds is 3. The van der Waals surface area contributed by atoms with Gasteiger partial charge in [-0.3, -0.25) is 0 Å². The smallest absolute Gasteiger partial charge is 0.132 e. The van der Waals surface area contributed by atoms with Crippen LogP contribution in [0.25, 0.3) is 0 Å². The van der Waals surface area contributed by atoms with Gasteiger partial charge in [-0.25, -0.2) is 0 Å². The van der Waals surface area contributed by atoms with Crippen LogP contribution in [0, 0.1) is 0 Å². The van der Waals surface area contributed by atoms with Gasteiger partial charge >= 0.3 is 0 Å². The van der Waals surface area contributed by atoms with Crippen LogP contribution in [0.4, 0.5) is 0 Å². The van der Waals surface area contributed by atoms with Gasteiger partial charge in [0.05, 0.1) is 13.2 Å². The maximum absolute atomic E-state index is 9.36. The van der Waals surface area contributed by atoms with Crippen LogP contribution in [-0.2, 0) is 0 Å². The van der Waals surface area contributed by atoms with Gasteiger partial charge in [-0.15, -0.1) is 11.8 Å². The fourth-order valence-electron chi connectivity index (χ4n) is 1.11. The summed E-state index contributed by atoms with van der Waals surface area (Å²) in [6, 6.07) is 5.71. The molecule has 1 N–H and O–H groups in total. The Morgan fingerprint density at radius 2 is 2.15 bits per heavy atom. The van der Waals surface area contributed by atoms with Gasteiger partial charge in [-0.2, -0.15) is 0 Å². The van der Waals surface area contributed by atoms with Crippen molar-refractivity contribution in [1.29, 1.82) is 0 Å². The molecule has 72 valence electrons. The van der Waals surface area contributed by atoms with Crippen LogP contribution in [0.1, 0.15) is 18.6 Å². The number of ether oxygens (including phenoxy) is 1. The first-order valence-corrected chi connectivity index (χ1v) is 5.31. The Kier molecular flexibility index (Phi) is 3.63. The summed E-state index contributed by atoms with van der Waals surface area (Å²) in [6.45, 7) is 1.76. The van der Waals surface area contributed by atoms with Crippen LogP contribution in [-0.4, -0.2) is 18.5 Å². The van der Waals surface area contributed by atoms with E-state index in [1.807, 2.05) is 24.5 Å². The summed E-state index contributed by atoms with van der Waals surface area (Å²) < 4.78 is 5.17. The highest BCUT2D eigenvalue weighted by atomic mass is 32.2. The van der Waals surface area contributed by atoms with Crippen molar-refractivity contribution in [1.82, 2.24) is 0 Å². The van der Waals surface area contributed by atoms with Gasteiger partial charge in [-0.05, 0) is 30.9 Å². The molecule has 1 aromatic carbocycles. The lowest BCUT2D eigenvalue weighted by Gasteiger charge is -2.10. The van der Waals surface area contributed by atoms with E-state index in [1.54, 1.807) is 25.8 Å². The molecule has 13 heavy (non-hydrogen) atoms. The van der Waals surface area contributed by atoms with Crippen LogP contribution < -0.4 is 4.74 Å². The lowest BCUT2D eigenvalue weighted by Crippen LogP contribution is -1.93. The Morgan fingerprint density at radius 3 is 2.62 bits per heavy atom. The first-order chi connectivity index (χ1) is 6.19. The van der Waals surface area contributed by atoms with Crippen LogP contribution in [0.2, 0.25) is 0 Å². The minimum Gasteiger partial charge on any atom is -0.496 e. The maximum Gasteiger partial charge on any atom is 0.132 e. The Hall–Kier alpha value is -0.670. The third-order valence-electron chi connectivity index (χ3n) is 1.89. The highest BCUT2D eigenvalue weighted by Crippen LogP contribution is 2.30. The summed E-state index contributed by atoms with van der Waals surface area (Å²) in [6.07, 6.45) is 1.57. The second-order valence-corrected chi connectivity index (χ2v) is 3.64. The molecule has 2 nitrogen and oxygen atoms in total. The summed E-state index contributed by atoms with van der Waals surface area (Å²) in [4.78, 5) is 1.06. The Morgan fingerprint density at radius 1 is 1.46 bits per heavy atom. The third kappa shape index (κ3) is 2.39. The van der Waals surface area contributed by atoms with Crippen molar-refractivity contribution in [3.8, 4) is 5.75 Å². The van der Waals surface area contributed by atoms with Gasteiger partial charge in [0.25, 0.3) is 0 Å². The quantitative estimate of drug-likeness (QED) is 0.757. The van der Waals surface area contributed by atoms with Crippen molar-refractivity contribution in [2.75, 3.05) is 13.4 Å². The molecule has 0 radical (unpaired) electrons. The van der Waals surface area contributed by atoms with Crippen molar-refractivity contribution in [3.05, 3.63) is 23.8 Å². The molecule has 0 fully saturated rings. The van der Waals surface area contributed by atoms with E-state index in [0.29, 0.717) is 0 Å². The van der Waals surface area contributed by atoms with Crippen LogP contribution >= 0.6 is 11.8 Å². The van der Waals surface area contributed by atoms with E-state index in [-0.39, 0.29) is 0 Å². The zero-order valence-corrected chi connectivity index (χ0v) is 8.89. The van der Waals surface area contributed by atoms with Gasteiger partial charge in [0.1, 0.15) is 5.75 Å². The van der Waals surface area contributed by atoms with E-state index in [4.69, 9.17) is 4.74 Å². The molecule has 0 spiro atoms. The number of thioether (sulfide) groups is 1. The highest BCUT2D eigenvalue weighted by molar-refractivity contribution is 7.98. The predicted molar refractivity (Wildman–Crippen MR) is 55.4 cm³/mol. The van der Waals surface area contributed by atoms with Crippen molar-refractivity contribution in [2.24, 2.45) is 0 Å². The van der Waals surface area contributed by atoms with E-state index in [9.17, 15) is 5.11 Å². The van der Waals surface area contributed by atoms with E-state index >= 15 is 0 Å². The van der Waals surface area contributed by atoms with E-state index in [0.717, 1.165) is 16.2 Å². The van der Waals surface area contributed by atoms with E-state index in [2.05, 4.69) is 0 Å². The molecule has 1 aromatic rings. The van der Waals surface area contributed by atoms with Crippen LogP contribution in [0.3, 0.4) is 0 Å². The predicted octanol–water partition coefficient (Wildman–Crippen LogP) is 2.47. The normalized spacial score (nSPS) is 12.6. The Labute approximate surface area is 82.9 Å². The molecule has 0 aliphatic heterocycles. The fraction of sp³-hybridized carbons (Fsp3) is 0.400. The Bertz CT molecular complexity index is 284. The van der Waals surface area contributed by atoms with Crippen LogP contribution in [0.15, 0.2) is 23.1 Å². The SMILES string of the molecule is COc1ccc(C(C)O)cc1SC. The molecular formula is C10H14O2S. The molecule has 0 aliphatic carbocycles. The molecule has 0 bridgehead atoms. The number of hydrogen-bond donors (Lipinski definition) is 1. The van der Waals surface area contributed by atoms with E-state index < -0.39 is 6.10 Å². The molecule has 0 saturated carbocycles. The number of methoxy groups -OCH3 is 1. The van der Waals surface area contributed by atoms with Gasteiger partial charge in [0.2, 0.25) is 0 Å². The van der Waals surface area contributed by atoms with Crippen molar-refractivity contribution in [2.45, 2.75) is 17.9 Å². The standard InChI is InChI=1S/C10H14O2S/c1-7(11)8-4-5-9(12-2)10(6-8)13-3/h4-7,11H,1-3H3. The molecule has 0 amide bonds. The number of benzene rings is 1. The average molecular weight is 198 g/mol. The van der Waals surface area contributed by atoms with E-state index in [1.165, 1.54) is 0 Å². The topological polar surface area (TPSA) is 29.5 Å². The van der Waals surface area contributed by atoms with Crippen molar-refractivity contribution < 1.29 is 9.84 Å². The molecule has 1 atom stereocenters. The lowest BCUT2D eigenvalue weighted by molar-refractivity contribution is 0.199. The zero-order chi connectivity index (χ0) is 9.84. The summed E-state index contributed by atoms with van der Waals surface area (Å²) in [5.74, 6) is 0.858. The molecule has 0 aromatic heterocycles. The molecule has 3 heteroatoms. The highest BCUT2D eigenvalue weighted by Gasteiger charge is 2.06. The molecule has 1 rings (SSSR count). The molecule has 0 aliphatic rings. The summed E-state index contributed by atoms with van der Waals surface area (Å²) >= 11 is 1.62. The fourth-order valence-corrected chi connectivity index (χ4v) is 1.72. The molecular weight excluding hydrogens is 184 g/mol. The first kappa shape index (κ1) is 10.4. The monoisotopic (exact) mass is 198 g/mol. The number of aliphatic hydroxyl groups is 1. The van der Waals surface area contributed by atoms with Gasteiger partial charge < -0.3 is 9.84 Å². The largest absolute Gasteiger partial charge is 0.496 e. The van der Waals surface area contributed by atoms with Gasteiger partial charge in [-0.1, -0.05) is 6.07 Å². The molecule has 0 saturated heterocycles. The molecule has 1 unspecified atom stereocenters. The number of aliphatic hydroxyl groups excluding tert-OH is 1. The second kappa shape index (κ2) is 4.53. The summed E-state index contributed by atoms with van der Waals surface area (Å²) in [7, 11) is 1.65.